The van der Waals surface area contributed by atoms with Gasteiger partial charge in [-0.15, -0.1) is 0 Å². The third kappa shape index (κ3) is 3.57. The van der Waals surface area contributed by atoms with E-state index in [2.05, 4.69) is 72.2 Å². The highest BCUT2D eigenvalue weighted by Crippen LogP contribution is 2.26. The van der Waals surface area contributed by atoms with E-state index in [1.807, 2.05) is 0 Å². The second-order valence-corrected chi connectivity index (χ2v) is 5.97. The van der Waals surface area contributed by atoms with Crippen molar-refractivity contribution in [1.82, 2.24) is 0 Å². The lowest BCUT2D eigenvalue weighted by molar-refractivity contribution is 0.424. The summed E-state index contributed by atoms with van der Waals surface area (Å²) in [6.45, 7) is 2.17. The Morgan fingerprint density at radius 1 is 0.762 bits per heavy atom. The van der Waals surface area contributed by atoms with E-state index in [4.69, 9.17) is 0 Å². The van der Waals surface area contributed by atoms with Crippen LogP contribution in [0.2, 0.25) is 0 Å². The quantitative estimate of drug-likeness (QED) is 0.838. The Balaban J connectivity index is 1.71. The highest BCUT2D eigenvalue weighted by Gasteiger charge is 2.25. The van der Waals surface area contributed by atoms with Gasteiger partial charge in [-0.1, -0.05) is 49.2 Å². The van der Waals surface area contributed by atoms with Gasteiger partial charge in [-0.05, 0) is 43.5 Å². The first-order valence-corrected chi connectivity index (χ1v) is 7.97. The second-order valence-electron chi connectivity index (χ2n) is 5.97. The molecule has 0 heterocycles. The monoisotopic (exact) mass is 280 g/mol. The van der Waals surface area contributed by atoms with Crippen molar-refractivity contribution in [1.29, 1.82) is 0 Å². The fourth-order valence-corrected chi connectivity index (χ4v) is 3.16. The Bertz CT molecular complexity index is 565. The SMILES string of the molecule is Cc1ccccc1N[C@@H]1CCCC[C@H]1Nc1ccccc1. The van der Waals surface area contributed by atoms with Crippen LogP contribution >= 0.6 is 0 Å². The van der Waals surface area contributed by atoms with Crippen LogP contribution in [0.4, 0.5) is 11.4 Å². The van der Waals surface area contributed by atoms with Gasteiger partial charge in [0, 0.05) is 23.5 Å². The Kier molecular flexibility index (Phi) is 4.44. The molecule has 21 heavy (non-hydrogen) atoms. The number of nitrogens with one attached hydrogen (secondary N) is 2. The normalized spacial score (nSPS) is 21.8. The standard InChI is InChI=1S/C19H24N2/c1-15-9-5-6-12-17(15)21-19-14-8-7-13-18(19)20-16-10-3-2-4-11-16/h2-6,9-12,18-21H,7-8,13-14H2,1H3/t18-,19-/m1/s1. The molecule has 3 rings (SSSR count). The summed E-state index contributed by atoms with van der Waals surface area (Å²) in [6, 6.07) is 20.1. The molecule has 2 atom stereocenters. The number of hydrogen-bond acceptors (Lipinski definition) is 2. The van der Waals surface area contributed by atoms with Crippen molar-refractivity contribution in [3.05, 3.63) is 60.2 Å². The number of aryl methyl sites for hydroxylation is 1. The van der Waals surface area contributed by atoms with E-state index in [9.17, 15) is 0 Å². The van der Waals surface area contributed by atoms with Crippen LogP contribution in [0.1, 0.15) is 31.2 Å². The third-order valence-electron chi connectivity index (χ3n) is 4.38. The van der Waals surface area contributed by atoms with Crippen LogP contribution < -0.4 is 10.6 Å². The molecule has 1 aliphatic rings. The van der Waals surface area contributed by atoms with E-state index in [0.717, 1.165) is 0 Å². The summed E-state index contributed by atoms with van der Waals surface area (Å²) < 4.78 is 0. The Morgan fingerprint density at radius 2 is 1.38 bits per heavy atom. The maximum Gasteiger partial charge on any atom is 0.0462 e. The summed E-state index contributed by atoms with van der Waals surface area (Å²) in [5.41, 5.74) is 3.81. The highest BCUT2D eigenvalue weighted by molar-refractivity contribution is 5.52. The Morgan fingerprint density at radius 3 is 2.10 bits per heavy atom. The van der Waals surface area contributed by atoms with Gasteiger partial charge in [0.05, 0.1) is 0 Å². The summed E-state index contributed by atoms with van der Waals surface area (Å²) in [4.78, 5) is 0. The van der Waals surface area contributed by atoms with Crippen molar-refractivity contribution in [2.75, 3.05) is 10.6 Å². The zero-order valence-corrected chi connectivity index (χ0v) is 12.7. The summed E-state index contributed by atoms with van der Waals surface area (Å²) in [7, 11) is 0. The molecular weight excluding hydrogens is 256 g/mol. The van der Waals surface area contributed by atoms with Gasteiger partial charge in [-0.3, -0.25) is 0 Å². The zero-order valence-electron chi connectivity index (χ0n) is 12.7. The minimum absolute atomic E-state index is 0.500. The maximum atomic E-state index is 3.76. The van der Waals surface area contributed by atoms with Gasteiger partial charge >= 0.3 is 0 Å². The molecule has 1 aliphatic carbocycles. The van der Waals surface area contributed by atoms with Gasteiger partial charge in [0.1, 0.15) is 0 Å². The van der Waals surface area contributed by atoms with Gasteiger partial charge in [0.25, 0.3) is 0 Å². The predicted molar refractivity (Wildman–Crippen MR) is 90.9 cm³/mol. The van der Waals surface area contributed by atoms with E-state index in [-0.39, 0.29) is 0 Å². The summed E-state index contributed by atoms with van der Waals surface area (Å²) in [5, 5.41) is 7.47. The average Bonchev–Trinajstić information content (AvgIpc) is 2.52. The Labute approximate surface area is 127 Å². The molecule has 110 valence electrons. The molecule has 0 aliphatic heterocycles. The van der Waals surface area contributed by atoms with Crippen molar-refractivity contribution < 1.29 is 0 Å². The van der Waals surface area contributed by atoms with E-state index in [1.165, 1.54) is 42.6 Å². The summed E-state index contributed by atoms with van der Waals surface area (Å²) in [5.74, 6) is 0. The number of para-hydroxylation sites is 2. The molecule has 2 aromatic rings. The van der Waals surface area contributed by atoms with Crippen molar-refractivity contribution in [2.45, 2.75) is 44.7 Å². The number of rotatable bonds is 4. The van der Waals surface area contributed by atoms with Crippen molar-refractivity contribution in [2.24, 2.45) is 0 Å². The topological polar surface area (TPSA) is 24.1 Å². The number of hydrogen-bond donors (Lipinski definition) is 2. The van der Waals surface area contributed by atoms with E-state index in [1.54, 1.807) is 0 Å². The summed E-state index contributed by atoms with van der Waals surface area (Å²) >= 11 is 0. The molecule has 0 unspecified atom stereocenters. The molecule has 1 saturated carbocycles. The van der Waals surface area contributed by atoms with Crippen LogP contribution in [0, 0.1) is 6.92 Å². The van der Waals surface area contributed by atoms with Gasteiger partial charge in [-0.25, -0.2) is 0 Å². The number of benzene rings is 2. The second kappa shape index (κ2) is 6.66. The van der Waals surface area contributed by atoms with Gasteiger partial charge in [0.15, 0.2) is 0 Å². The first-order valence-electron chi connectivity index (χ1n) is 7.97. The molecular formula is C19H24N2. The number of anilines is 2. The lowest BCUT2D eigenvalue weighted by Crippen LogP contribution is -2.41. The van der Waals surface area contributed by atoms with Crippen LogP contribution in [0.5, 0.6) is 0 Å². The molecule has 0 amide bonds. The smallest absolute Gasteiger partial charge is 0.0462 e. The first kappa shape index (κ1) is 14.0. The molecule has 2 heteroatoms. The predicted octanol–water partition coefficient (Wildman–Crippen LogP) is 4.83. The van der Waals surface area contributed by atoms with E-state index in [0.29, 0.717) is 12.1 Å². The molecule has 2 nitrogen and oxygen atoms in total. The minimum atomic E-state index is 0.500. The van der Waals surface area contributed by atoms with E-state index < -0.39 is 0 Å². The van der Waals surface area contributed by atoms with Gasteiger partial charge in [0.2, 0.25) is 0 Å². The highest BCUT2D eigenvalue weighted by atomic mass is 15.0. The van der Waals surface area contributed by atoms with Crippen LogP contribution in [-0.2, 0) is 0 Å². The van der Waals surface area contributed by atoms with Crippen molar-refractivity contribution in [3.8, 4) is 0 Å². The van der Waals surface area contributed by atoms with E-state index >= 15 is 0 Å². The van der Waals surface area contributed by atoms with Crippen LogP contribution in [0.25, 0.3) is 0 Å². The molecule has 2 N–H and O–H groups in total. The molecule has 1 fully saturated rings. The van der Waals surface area contributed by atoms with Crippen LogP contribution in [0.3, 0.4) is 0 Å². The zero-order chi connectivity index (χ0) is 14.5. The summed E-state index contributed by atoms with van der Waals surface area (Å²) in [6.07, 6.45) is 5.10. The molecule has 0 aromatic heterocycles. The molecule has 0 radical (unpaired) electrons. The first-order chi connectivity index (χ1) is 10.3. The fraction of sp³-hybridized carbons (Fsp3) is 0.368. The van der Waals surface area contributed by atoms with Crippen molar-refractivity contribution in [3.63, 3.8) is 0 Å². The minimum Gasteiger partial charge on any atom is -0.380 e. The lowest BCUT2D eigenvalue weighted by atomic mass is 9.89. The molecule has 2 aromatic carbocycles. The largest absolute Gasteiger partial charge is 0.380 e. The van der Waals surface area contributed by atoms with Crippen LogP contribution in [-0.4, -0.2) is 12.1 Å². The average molecular weight is 280 g/mol. The van der Waals surface area contributed by atoms with Crippen LogP contribution in [0.15, 0.2) is 54.6 Å². The molecule has 0 bridgehead atoms. The van der Waals surface area contributed by atoms with Gasteiger partial charge in [-0.2, -0.15) is 0 Å². The molecule has 0 saturated heterocycles. The Hall–Kier alpha value is -1.96. The third-order valence-corrected chi connectivity index (χ3v) is 4.38. The molecule has 0 spiro atoms. The van der Waals surface area contributed by atoms with Crippen molar-refractivity contribution >= 4 is 11.4 Å². The lowest BCUT2D eigenvalue weighted by Gasteiger charge is -2.34. The maximum absolute atomic E-state index is 3.76. The van der Waals surface area contributed by atoms with Gasteiger partial charge < -0.3 is 10.6 Å². The fourth-order valence-electron chi connectivity index (χ4n) is 3.16.